The molecule has 0 aromatic heterocycles. The van der Waals surface area contributed by atoms with Gasteiger partial charge >= 0.3 is 0 Å². The van der Waals surface area contributed by atoms with E-state index < -0.39 is 31.6 Å². The Bertz CT molecular complexity index is 2580. The molecular formula is C43H42N4O10S. The molecule has 0 fully saturated rings. The zero-order chi connectivity index (χ0) is 40.5. The van der Waals surface area contributed by atoms with Gasteiger partial charge in [-0.2, -0.15) is 17.8 Å². The molecule has 15 heteroatoms. The SMILES string of the molecule is COc1cc2c3cc1Oc1ccc(cc1)C[C@@H]1c4cc(c(OC)cc4CCN1C)Oc1c(OC)c(OC)cc4c1[C@@H](C3)N(CC4)N2S(=O)(=O)c1ccccc1[N+](=O)[O-]. The minimum absolute atomic E-state index is 0.0219. The van der Waals surface area contributed by atoms with Gasteiger partial charge in [0.25, 0.3) is 15.7 Å². The first-order valence-corrected chi connectivity index (χ1v) is 20.4. The van der Waals surface area contributed by atoms with Gasteiger partial charge < -0.3 is 28.4 Å². The van der Waals surface area contributed by atoms with Gasteiger partial charge in [-0.05, 0) is 103 Å². The van der Waals surface area contributed by atoms with Crippen LogP contribution in [0.4, 0.5) is 11.4 Å². The highest BCUT2D eigenvalue weighted by Gasteiger charge is 2.47. The smallest absolute Gasteiger partial charge is 0.289 e. The van der Waals surface area contributed by atoms with E-state index in [9.17, 15) is 10.1 Å². The fourth-order valence-electron chi connectivity index (χ4n) is 8.86. The van der Waals surface area contributed by atoms with E-state index in [1.807, 2.05) is 42.5 Å². The van der Waals surface area contributed by atoms with E-state index in [2.05, 4.69) is 11.9 Å². The minimum atomic E-state index is -4.65. The Morgan fingerprint density at radius 3 is 2.16 bits per heavy atom. The fourth-order valence-corrected chi connectivity index (χ4v) is 10.6. The van der Waals surface area contributed by atoms with E-state index in [1.165, 1.54) is 42.9 Å². The third-order valence-electron chi connectivity index (χ3n) is 11.7. The van der Waals surface area contributed by atoms with Crippen LogP contribution in [0, 0.1) is 10.1 Å². The number of nitro benzene ring substituents is 1. The number of ether oxygens (including phenoxy) is 6. The summed E-state index contributed by atoms with van der Waals surface area (Å²) in [6.45, 7) is 1.09. The largest absolute Gasteiger partial charge is 0.493 e. The van der Waals surface area contributed by atoms with Crippen LogP contribution in [0.1, 0.15) is 45.5 Å². The molecule has 7 bridgehead atoms. The highest BCUT2D eigenvalue weighted by molar-refractivity contribution is 7.92. The van der Waals surface area contributed by atoms with Crippen LogP contribution in [0.25, 0.3) is 0 Å². The number of hydrogen-bond acceptors (Lipinski definition) is 12. The van der Waals surface area contributed by atoms with Crippen molar-refractivity contribution in [3.8, 4) is 46.0 Å². The standard InChI is InChI=1S/C43H42N4O10S/c1-44-16-14-26-20-35(52-2)38-23-30(26)33(44)18-25-10-12-29(13-11-25)56-37-22-28-19-34-41-27(21-39(54-4)42(55-5)43(41)57-38)15-17-45(34)46(32(28)24-36(37)53-3)58(50,51)40-9-7-6-8-31(40)47(48)49/h6-13,20-24,33-34H,14-19H2,1-5H3/t33-,34-/m1/s1. The summed E-state index contributed by atoms with van der Waals surface area (Å²) >= 11 is 0. The fraction of sp³-hybridized carbons (Fsp3) is 0.302. The number of fused-ring (bicyclic) bond motifs is 2. The maximum absolute atomic E-state index is 15.1. The van der Waals surface area contributed by atoms with Crippen LogP contribution in [0.2, 0.25) is 0 Å². The van der Waals surface area contributed by atoms with E-state index in [4.69, 9.17) is 28.4 Å². The highest BCUT2D eigenvalue weighted by atomic mass is 32.2. The molecule has 0 spiro atoms. The van der Waals surface area contributed by atoms with Crippen molar-refractivity contribution in [1.82, 2.24) is 9.91 Å². The minimum Gasteiger partial charge on any atom is -0.493 e. The lowest BCUT2D eigenvalue weighted by Crippen LogP contribution is -2.54. The summed E-state index contributed by atoms with van der Waals surface area (Å²) in [6.07, 6.45) is 2.23. The molecule has 2 atom stereocenters. The van der Waals surface area contributed by atoms with Crippen LogP contribution in [0.5, 0.6) is 46.0 Å². The number of likely N-dealkylation sites (N-methyl/N-ethyl adjacent to an activating group) is 1. The van der Waals surface area contributed by atoms with Gasteiger partial charge in [0.05, 0.1) is 45.1 Å². The van der Waals surface area contributed by atoms with Gasteiger partial charge in [0.15, 0.2) is 39.4 Å². The summed E-state index contributed by atoms with van der Waals surface area (Å²) in [7, 11) is 3.67. The first-order chi connectivity index (χ1) is 28.0. The molecule has 10 rings (SSSR count). The summed E-state index contributed by atoms with van der Waals surface area (Å²) in [6, 6.07) is 22.0. The van der Waals surface area contributed by atoms with E-state index in [0.29, 0.717) is 64.2 Å². The summed E-state index contributed by atoms with van der Waals surface area (Å²) in [4.78, 5) is 13.5. The molecule has 14 nitrogen and oxygen atoms in total. The van der Waals surface area contributed by atoms with Crippen molar-refractivity contribution in [3.63, 3.8) is 0 Å². The number of rotatable bonds is 7. The second kappa shape index (κ2) is 14.4. The molecule has 300 valence electrons. The van der Waals surface area contributed by atoms with Crippen molar-refractivity contribution in [2.75, 3.05) is 53.0 Å². The number of sulfonamides is 1. The number of benzene rings is 5. The molecule has 5 aliphatic heterocycles. The Morgan fingerprint density at radius 2 is 1.43 bits per heavy atom. The van der Waals surface area contributed by atoms with Crippen molar-refractivity contribution < 1.29 is 41.8 Å². The number of methoxy groups -OCH3 is 4. The summed E-state index contributed by atoms with van der Waals surface area (Å²) < 4.78 is 68.7. The summed E-state index contributed by atoms with van der Waals surface area (Å²) in [5, 5.41) is 14.0. The molecule has 0 unspecified atom stereocenters. The molecule has 5 aromatic rings. The number of hydrogen-bond donors (Lipinski definition) is 0. The Kier molecular flexibility index (Phi) is 9.33. The van der Waals surface area contributed by atoms with Crippen LogP contribution >= 0.6 is 0 Å². The van der Waals surface area contributed by atoms with E-state index in [1.54, 1.807) is 31.4 Å². The number of nitrogens with zero attached hydrogens (tertiary/aromatic N) is 4. The highest BCUT2D eigenvalue weighted by Crippen LogP contribution is 2.55. The van der Waals surface area contributed by atoms with Crippen LogP contribution < -0.4 is 32.8 Å². The van der Waals surface area contributed by atoms with Crippen LogP contribution in [0.15, 0.2) is 83.8 Å². The van der Waals surface area contributed by atoms with Gasteiger partial charge in [-0.15, -0.1) is 0 Å². The van der Waals surface area contributed by atoms with Gasteiger partial charge in [0, 0.05) is 36.8 Å². The van der Waals surface area contributed by atoms with Gasteiger partial charge in [0.1, 0.15) is 5.75 Å². The Morgan fingerprint density at radius 1 is 0.741 bits per heavy atom. The lowest BCUT2D eigenvalue weighted by atomic mass is 9.86. The number of para-hydroxylation sites is 1. The van der Waals surface area contributed by atoms with Crippen molar-refractivity contribution in [3.05, 3.63) is 122 Å². The maximum Gasteiger partial charge on any atom is 0.289 e. The van der Waals surface area contributed by atoms with Crippen molar-refractivity contribution in [2.45, 2.75) is 42.7 Å². The molecule has 0 saturated heterocycles. The lowest BCUT2D eigenvalue weighted by Gasteiger charge is -2.48. The second-order valence-electron chi connectivity index (χ2n) is 14.8. The Hall–Kier alpha value is -6.03. The van der Waals surface area contributed by atoms with Crippen LogP contribution in [-0.2, 0) is 35.7 Å². The third-order valence-corrected chi connectivity index (χ3v) is 13.4. The zero-order valence-electron chi connectivity index (χ0n) is 32.7. The second-order valence-corrected chi connectivity index (χ2v) is 16.5. The average Bonchev–Trinajstić information content (AvgIpc) is 3.23. The van der Waals surface area contributed by atoms with Gasteiger partial charge in [-0.3, -0.25) is 15.0 Å². The number of nitro groups is 1. The van der Waals surface area contributed by atoms with Crippen molar-refractivity contribution in [2.24, 2.45) is 0 Å². The van der Waals surface area contributed by atoms with E-state index >= 15 is 8.42 Å². The molecule has 0 aliphatic carbocycles. The zero-order valence-corrected chi connectivity index (χ0v) is 33.5. The van der Waals surface area contributed by atoms with E-state index in [0.717, 1.165) is 41.6 Å². The molecule has 5 heterocycles. The lowest BCUT2D eigenvalue weighted by molar-refractivity contribution is -0.387. The maximum atomic E-state index is 15.1. The molecular weight excluding hydrogens is 765 g/mol. The first kappa shape index (κ1) is 37.5. The predicted molar refractivity (Wildman–Crippen MR) is 215 cm³/mol. The quantitative estimate of drug-likeness (QED) is 0.118. The molecule has 5 aromatic carbocycles. The molecule has 0 saturated carbocycles. The normalized spacial score (nSPS) is 18.4. The molecule has 0 amide bonds. The first-order valence-electron chi connectivity index (χ1n) is 18.9. The van der Waals surface area contributed by atoms with Crippen LogP contribution in [0.3, 0.4) is 0 Å². The third kappa shape index (κ3) is 6.03. The van der Waals surface area contributed by atoms with Crippen LogP contribution in [-0.4, -0.2) is 71.8 Å². The topological polar surface area (TPSA) is 142 Å². The average molecular weight is 807 g/mol. The molecule has 0 radical (unpaired) electrons. The number of hydrazine groups is 1. The summed E-state index contributed by atoms with van der Waals surface area (Å²) in [5.41, 5.74) is 5.26. The van der Waals surface area contributed by atoms with Crippen molar-refractivity contribution in [1.29, 1.82) is 0 Å². The molecule has 5 aliphatic rings. The molecule has 58 heavy (non-hydrogen) atoms. The Balaban J connectivity index is 1.33. The monoisotopic (exact) mass is 806 g/mol. The predicted octanol–water partition coefficient (Wildman–Crippen LogP) is 7.56. The Labute approximate surface area is 336 Å². The van der Waals surface area contributed by atoms with E-state index in [-0.39, 0.29) is 24.0 Å². The van der Waals surface area contributed by atoms with Crippen molar-refractivity contribution >= 4 is 21.4 Å². The molecule has 0 N–H and O–H groups in total. The van der Waals surface area contributed by atoms with Gasteiger partial charge in [-0.25, -0.2) is 0 Å². The summed E-state index contributed by atoms with van der Waals surface area (Å²) in [5.74, 6) is 3.35. The van der Waals surface area contributed by atoms with Gasteiger partial charge in [-0.1, -0.05) is 24.3 Å². The van der Waals surface area contributed by atoms with Gasteiger partial charge in [0.2, 0.25) is 5.75 Å². The number of anilines is 1.